The van der Waals surface area contributed by atoms with Gasteiger partial charge < -0.3 is 0 Å². The van der Waals surface area contributed by atoms with Crippen LogP contribution in [0.4, 0.5) is 0 Å². The molecule has 2 N–H and O–H groups in total. The summed E-state index contributed by atoms with van der Waals surface area (Å²) < 4.78 is 26.7. The summed E-state index contributed by atoms with van der Waals surface area (Å²) in [5.74, 6) is 7.35. The van der Waals surface area contributed by atoms with Gasteiger partial charge in [0, 0.05) is 23.2 Å². The zero-order valence-corrected chi connectivity index (χ0v) is 20.5. The summed E-state index contributed by atoms with van der Waals surface area (Å²) in [5.41, 5.74) is 2.47. The van der Waals surface area contributed by atoms with Crippen molar-refractivity contribution in [1.82, 2.24) is 9.55 Å². The Morgan fingerprint density at radius 1 is 1.13 bits per heavy atom. The number of thiophene rings is 1. The molecule has 8 heteroatoms. The Balaban J connectivity index is 2.07. The molecule has 168 valence electrons. The second kappa shape index (κ2) is 9.24. The molecule has 0 amide bonds. The lowest BCUT2D eigenvalue weighted by Gasteiger charge is -2.16. The number of hydrogen-bond acceptors (Lipinski definition) is 6. The maximum absolute atomic E-state index is 12.3. The van der Waals surface area contributed by atoms with Gasteiger partial charge in [-0.1, -0.05) is 46.8 Å². The Labute approximate surface area is 189 Å². The summed E-state index contributed by atoms with van der Waals surface area (Å²) in [6, 6.07) is 9.46. The van der Waals surface area contributed by atoms with Gasteiger partial charge in [-0.05, 0) is 41.2 Å². The predicted octanol–water partition coefficient (Wildman–Crippen LogP) is 5.28. The normalized spacial score (nSPS) is 13.3. The van der Waals surface area contributed by atoms with Crippen LogP contribution in [-0.4, -0.2) is 24.2 Å². The van der Waals surface area contributed by atoms with Crippen LogP contribution in [0.1, 0.15) is 63.5 Å². The highest BCUT2D eigenvalue weighted by Crippen LogP contribution is 2.35. The second-order valence-corrected chi connectivity index (χ2v) is 11.7. The van der Waals surface area contributed by atoms with Crippen molar-refractivity contribution in [1.29, 1.82) is 0 Å². The molecule has 6 nitrogen and oxygen atoms in total. The molecule has 3 rings (SSSR count). The molecule has 0 fully saturated rings. The first-order valence-electron chi connectivity index (χ1n) is 10.4. The van der Waals surface area contributed by atoms with E-state index in [9.17, 15) is 8.42 Å². The zero-order chi connectivity index (χ0) is 22.9. The lowest BCUT2D eigenvalue weighted by atomic mass is 9.97. The average molecular weight is 462 g/mol. The van der Waals surface area contributed by atoms with Crippen LogP contribution in [0.25, 0.3) is 15.4 Å². The van der Waals surface area contributed by atoms with Gasteiger partial charge >= 0.3 is 0 Å². The molecule has 0 radical (unpaired) electrons. The lowest BCUT2D eigenvalue weighted by molar-refractivity contribution is 0.122. The Bertz CT molecular complexity index is 1160. The van der Waals surface area contributed by atoms with Crippen LogP contribution in [-0.2, 0) is 21.3 Å². The lowest BCUT2D eigenvalue weighted by Crippen LogP contribution is -2.09. The van der Waals surface area contributed by atoms with E-state index in [4.69, 9.17) is 10.9 Å². The van der Waals surface area contributed by atoms with Crippen LogP contribution in [0, 0.1) is 5.92 Å². The number of benzene rings is 1. The van der Waals surface area contributed by atoms with Crippen molar-refractivity contribution in [2.24, 2.45) is 11.8 Å². The predicted molar refractivity (Wildman–Crippen MR) is 126 cm³/mol. The third kappa shape index (κ3) is 5.09. The molecule has 3 aromatic rings. The summed E-state index contributed by atoms with van der Waals surface area (Å²) in [4.78, 5) is 10.8. The first-order chi connectivity index (χ1) is 14.5. The maximum Gasteiger partial charge on any atom is 0.175 e. The molecule has 0 aliphatic rings. The topological polar surface area (TPSA) is 87.2 Å². The minimum Gasteiger partial charge on any atom is -0.300 e. The number of aromatic nitrogens is 2. The zero-order valence-electron chi connectivity index (χ0n) is 18.9. The highest BCUT2D eigenvalue weighted by Gasteiger charge is 2.21. The molecule has 0 aliphatic carbocycles. The first-order valence-corrected chi connectivity index (χ1v) is 13.1. The molecule has 0 spiro atoms. The van der Waals surface area contributed by atoms with Gasteiger partial charge in [-0.15, -0.1) is 11.3 Å². The van der Waals surface area contributed by atoms with Crippen molar-refractivity contribution in [2.75, 3.05) is 6.26 Å². The fraction of sp³-hybridized carbons (Fsp3) is 0.435. The molecular formula is C23H31N3O3S2. The van der Waals surface area contributed by atoms with Crippen LogP contribution in [0.3, 0.4) is 0 Å². The minimum atomic E-state index is -3.41. The van der Waals surface area contributed by atoms with E-state index < -0.39 is 9.84 Å². The minimum absolute atomic E-state index is 0.0435. The number of rotatable bonds is 8. The standard InChI is InChI=1S/C23H31N3O3S2/c1-14(2)16(5)23-25-19(15(3)4)12-26(23)22-10-9-20(30-22)17-7-8-18(13-29-24)21(11-17)31(6,27)28/h7-12,14-16H,13,24H2,1-6H3. The third-order valence-corrected chi connectivity index (χ3v) is 7.88. The number of nitrogens with two attached hydrogens (primary N) is 1. The van der Waals surface area contributed by atoms with Crippen molar-refractivity contribution in [3.8, 4) is 15.4 Å². The van der Waals surface area contributed by atoms with E-state index in [-0.39, 0.29) is 11.5 Å². The van der Waals surface area contributed by atoms with Crippen LogP contribution >= 0.6 is 11.3 Å². The molecule has 2 heterocycles. The molecule has 1 atom stereocenters. The van der Waals surface area contributed by atoms with Gasteiger partial charge in [0.05, 0.1) is 17.2 Å². The Kier molecular flexibility index (Phi) is 7.05. The van der Waals surface area contributed by atoms with Gasteiger partial charge in [-0.3, -0.25) is 9.40 Å². The molecule has 0 saturated carbocycles. The van der Waals surface area contributed by atoms with E-state index in [1.165, 1.54) is 6.26 Å². The molecule has 0 bridgehead atoms. The summed E-state index contributed by atoms with van der Waals surface area (Å²) in [6.45, 7) is 11.0. The van der Waals surface area contributed by atoms with Gasteiger partial charge in [-0.2, -0.15) is 0 Å². The quantitative estimate of drug-likeness (QED) is 0.461. The van der Waals surface area contributed by atoms with Gasteiger partial charge in [0.1, 0.15) is 10.8 Å². The molecule has 1 aromatic carbocycles. The smallest absolute Gasteiger partial charge is 0.175 e. The van der Waals surface area contributed by atoms with E-state index >= 15 is 0 Å². The van der Waals surface area contributed by atoms with Crippen LogP contribution < -0.4 is 5.90 Å². The third-order valence-electron chi connectivity index (χ3n) is 5.57. The largest absolute Gasteiger partial charge is 0.300 e. The van der Waals surface area contributed by atoms with Crippen molar-refractivity contribution in [2.45, 2.75) is 58.0 Å². The van der Waals surface area contributed by atoms with Crippen LogP contribution in [0.15, 0.2) is 41.4 Å². The highest BCUT2D eigenvalue weighted by molar-refractivity contribution is 7.90. The van der Waals surface area contributed by atoms with Gasteiger partial charge in [0.25, 0.3) is 0 Å². The van der Waals surface area contributed by atoms with Crippen molar-refractivity contribution in [3.05, 3.63) is 53.6 Å². The molecule has 0 saturated heterocycles. The van der Waals surface area contributed by atoms with Gasteiger partial charge in [-0.25, -0.2) is 19.3 Å². The van der Waals surface area contributed by atoms with Crippen molar-refractivity contribution < 1.29 is 13.3 Å². The molecule has 1 unspecified atom stereocenters. The Hall–Kier alpha value is -2.00. The van der Waals surface area contributed by atoms with Gasteiger partial charge in [0.15, 0.2) is 9.84 Å². The number of imidazole rings is 1. The Morgan fingerprint density at radius 2 is 1.84 bits per heavy atom. The monoisotopic (exact) mass is 461 g/mol. The number of hydrogen-bond donors (Lipinski definition) is 1. The van der Waals surface area contributed by atoms with Crippen molar-refractivity contribution in [3.63, 3.8) is 0 Å². The SMILES string of the molecule is CC(C)c1cn(-c2ccc(-c3ccc(CON)c(S(C)(=O)=O)c3)s2)c(C(C)C(C)C)n1. The first kappa shape index (κ1) is 23.7. The van der Waals surface area contributed by atoms with E-state index in [2.05, 4.69) is 56.3 Å². The molecule has 2 aromatic heterocycles. The summed E-state index contributed by atoms with van der Waals surface area (Å²) in [6.07, 6.45) is 3.32. The summed E-state index contributed by atoms with van der Waals surface area (Å²) >= 11 is 1.62. The molecule has 31 heavy (non-hydrogen) atoms. The van der Waals surface area contributed by atoms with E-state index in [1.54, 1.807) is 23.5 Å². The second-order valence-electron chi connectivity index (χ2n) is 8.62. The summed E-state index contributed by atoms with van der Waals surface area (Å²) in [7, 11) is -3.41. The highest BCUT2D eigenvalue weighted by atomic mass is 32.2. The van der Waals surface area contributed by atoms with Gasteiger partial charge in [0.2, 0.25) is 0 Å². The van der Waals surface area contributed by atoms with E-state index in [0.29, 0.717) is 23.3 Å². The Morgan fingerprint density at radius 3 is 2.42 bits per heavy atom. The van der Waals surface area contributed by atoms with E-state index in [1.807, 2.05) is 12.1 Å². The maximum atomic E-state index is 12.3. The van der Waals surface area contributed by atoms with Crippen LogP contribution in [0.2, 0.25) is 0 Å². The van der Waals surface area contributed by atoms with Crippen molar-refractivity contribution >= 4 is 21.2 Å². The molecule has 0 aliphatic heterocycles. The molecular weight excluding hydrogens is 430 g/mol. The average Bonchev–Trinajstić information content (AvgIpc) is 3.34. The number of sulfone groups is 1. The summed E-state index contributed by atoms with van der Waals surface area (Å²) in [5, 5.41) is 1.06. The van der Waals surface area contributed by atoms with E-state index in [0.717, 1.165) is 27.0 Å². The fourth-order valence-corrected chi connectivity index (χ4v) is 5.29. The number of nitrogens with zero attached hydrogens (tertiary/aromatic N) is 2. The fourth-order valence-electron chi connectivity index (χ4n) is 3.36. The van der Waals surface area contributed by atoms with Crippen LogP contribution in [0.5, 0.6) is 0 Å².